The molecule has 6 heteroatoms. The first-order valence-electron chi connectivity index (χ1n) is 6.24. The van der Waals surface area contributed by atoms with E-state index in [0.29, 0.717) is 10.7 Å². The molecule has 3 rings (SSSR count). The number of rotatable bonds is 3. The van der Waals surface area contributed by atoms with E-state index in [4.69, 9.17) is 11.6 Å². The predicted molar refractivity (Wildman–Crippen MR) is 81.2 cm³/mol. The van der Waals surface area contributed by atoms with Crippen LogP contribution in [0.5, 0.6) is 0 Å². The Morgan fingerprint density at radius 1 is 1.19 bits per heavy atom. The fourth-order valence-corrected chi connectivity index (χ4v) is 2.03. The number of imidazole rings is 1. The van der Waals surface area contributed by atoms with E-state index in [1.807, 2.05) is 24.3 Å². The molecule has 0 unspecified atom stereocenters. The molecule has 2 heterocycles. The molecular weight excluding hydrogens is 288 g/mol. The standard InChI is InChI=1S/C15H11ClN4O/c16-11-5-6-18-13(7-11)15(21)20-12-3-1-10(2-4-12)14-8-17-9-19-14/h1-9H,(H,17,19)(H,20,21). The molecule has 21 heavy (non-hydrogen) atoms. The average Bonchev–Trinajstić information content (AvgIpc) is 3.02. The van der Waals surface area contributed by atoms with Crippen molar-refractivity contribution in [2.24, 2.45) is 0 Å². The number of H-pyrrole nitrogens is 1. The van der Waals surface area contributed by atoms with Gasteiger partial charge in [-0.1, -0.05) is 23.7 Å². The zero-order chi connectivity index (χ0) is 14.7. The van der Waals surface area contributed by atoms with E-state index in [1.165, 1.54) is 12.3 Å². The molecule has 2 N–H and O–H groups in total. The lowest BCUT2D eigenvalue weighted by Crippen LogP contribution is -2.13. The van der Waals surface area contributed by atoms with Gasteiger partial charge >= 0.3 is 0 Å². The minimum absolute atomic E-state index is 0.278. The minimum atomic E-state index is -0.299. The number of hydrogen-bond acceptors (Lipinski definition) is 3. The molecule has 0 saturated heterocycles. The van der Waals surface area contributed by atoms with Crippen LogP contribution in [-0.4, -0.2) is 20.9 Å². The Morgan fingerprint density at radius 3 is 2.67 bits per heavy atom. The normalized spacial score (nSPS) is 10.3. The van der Waals surface area contributed by atoms with Gasteiger partial charge < -0.3 is 10.3 Å². The number of hydrogen-bond donors (Lipinski definition) is 2. The maximum atomic E-state index is 12.0. The molecule has 0 radical (unpaired) electrons. The van der Waals surface area contributed by atoms with Crippen molar-refractivity contribution in [1.82, 2.24) is 15.0 Å². The molecule has 0 spiro atoms. The highest BCUT2D eigenvalue weighted by Crippen LogP contribution is 2.19. The molecule has 1 aromatic carbocycles. The summed E-state index contributed by atoms with van der Waals surface area (Å²) in [6, 6.07) is 10.6. The van der Waals surface area contributed by atoms with Gasteiger partial charge in [-0.3, -0.25) is 9.78 Å². The van der Waals surface area contributed by atoms with E-state index in [1.54, 1.807) is 18.6 Å². The number of aromatic amines is 1. The third-order valence-electron chi connectivity index (χ3n) is 2.91. The number of benzene rings is 1. The van der Waals surface area contributed by atoms with Crippen LogP contribution in [0.3, 0.4) is 0 Å². The van der Waals surface area contributed by atoms with Gasteiger partial charge in [0, 0.05) is 16.9 Å². The van der Waals surface area contributed by atoms with Gasteiger partial charge in [-0.2, -0.15) is 0 Å². The Labute approximate surface area is 126 Å². The van der Waals surface area contributed by atoms with Crippen LogP contribution in [0.15, 0.2) is 55.1 Å². The van der Waals surface area contributed by atoms with Gasteiger partial charge in [0.2, 0.25) is 0 Å². The van der Waals surface area contributed by atoms with Crippen molar-refractivity contribution in [3.63, 3.8) is 0 Å². The molecule has 2 aromatic heterocycles. The minimum Gasteiger partial charge on any atom is -0.345 e. The lowest BCUT2D eigenvalue weighted by molar-refractivity contribution is 0.102. The van der Waals surface area contributed by atoms with Crippen molar-refractivity contribution in [2.45, 2.75) is 0 Å². The summed E-state index contributed by atoms with van der Waals surface area (Å²) >= 11 is 5.84. The lowest BCUT2D eigenvalue weighted by Gasteiger charge is -2.05. The van der Waals surface area contributed by atoms with E-state index < -0.39 is 0 Å². The van der Waals surface area contributed by atoms with Crippen LogP contribution in [0, 0.1) is 0 Å². The Hall–Kier alpha value is -2.66. The second kappa shape index (κ2) is 5.76. The second-order valence-corrected chi connectivity index (χ2v) is 4.79. The third kappa shape index (κ3) is 3.09. The molecule has 0 aliphatic rings. The fourth-order valence-electron chi connectivity index (χ4n) is 1.87. The largest absolute Gasteiger partial charge is 0.345 e. The SMILES string of the molecule is O=C(Nc1ccc(-c2cnc[nH]2)cc1)c1cc(Cl)ccn1. The van der Waals surface area contributed by atoms with E-state index in [2.05, 4.69) is 20.3 Å². The smallest absolute Gasteiger partial charge is 0.274 e. The Bertz CT molecular complexity index is 754. The first-order chi connectivity index (χ1) is 10.2. The molecule has 0 bridgehead atoms. The van der Waals surface area contributed by atoms with Crippen molar-refractivity contribution in [2.75, 3.05) is 5.32 Å². The molecule has 0 aliphatic carbocycles. The molecule has 104 valence electrons. The summed E-state index contributed by atoms with van der Waals surface area (Å²) < 4.78 is 0. The maximum Gasteiger partial charge on any atom is 0.274 e. The summed E-state index contributed by atoms with van der Waals surface area (Å²) in [7, 11) is 0. The Balaban J connectivity index is 1.75. The van der Waals surface area contributed by atoms with E-state index >= 15 is 0 Å². The molecule has 0 saturated carbocycles. The predicted octanol–water partition coefficient (Wildman–Crippen LogP) is 3.38. The Morgan fingerprint density at radius 2 is 2.00 bits per heavy atom. The van der Waals surface area contributed by atoms with Crippen LogP contribution in [0.2, 0.25) is 5.02 Å². The second-order valence-electron chi connectivity index (χ2n) is 4.36. The highest BCUT2D eigenvalue weighted by molar-refractivity contribution is 6.30. The summed E-state index contributed by atoms with van der Waals surface area (Å²) in [6.45, 7) is 0. The summed E-state index contributed by atoms with van der Waals surface area (Å²) in [5.74, 6) is -0.299. The number of carbonyl (C=O) groups excluding carboxylic acids is 1. The van der Waals surface area contributed by atoms with E-state index in [9.17, 15) is 4.79 Å². The highest BCUT2D eigenvalue weighted by atomic mass is 35.5. The third-order valence-corrected chi connectivity index (χ3v) is 3.14. The number of pyridine rings is 1. The van der Waals surface area contributed by atoms with Crippen molar-refractivity contribution < 1.29 is 4.79 Å². The zero-order valence-electron chi connectivity index (χ0n) is 10.9. The first kappa shape index (κ1) is 13.3. The number of aromatic nitrogens is 3. The fraction of sp³-hybridized carbons (Fsp3) is 0. The van der Waals surface area contributed by atoms with Crippen LogP contribution in [0.4, 0.5) is 5.69 Å². The van der Waals surface area contributed by atoms with Crippen molar-refractivity contribution in [3.05, 3.63) is 65.8 Å². The first-order valence-corrected chi connectivity index (χ1v) is 6.62. The number of nitrogens with zero attached hydrogens (tertiary/aromatic N) is 2. The molecule has 0 fully saturated rings. The van der Waals surface area contributed by atoms with E-state index in [-0.39, 0.29) is 11.6 Å². The number of nitrogens with one attached hydrogen (secondary N) is 2. The van der Waals surface area contributed by atoms with Gasteiger partial charge in [0.05, 0.1) is 18.2 Å². The highest BCUT2D eigenvalue weighted by Gasteiger charge is 2.08. The van der Waals surface area contributed by atoms with Gasteiger partial charge in [-0.15, -0.1) is 0 Å². The summed E-state index contributed by atoms with van der Waals surface area (Å²) in [4.78, 5) is 23.0. The molecule has 5 nitrogen and oxygen atoms in total. The van der Waals surface area contributed by atoms with Crippen molar-refractivity contribution in [3.8, 4) is 11.3 Å². The van der Waals surface area contributed by atoms with Crippen LogP contribution in [-0.2, 0) is 0 Å². The van der Waals surface area contributed by atoms with Gasteiger partial charge in [0.25, 0.3) is 5.91 Å². The van der Waals surface area contributed by atoms with Gasteiger partial charge in [-0.05, 0) is 29.8 Å². The monoisotopic (exact) mass is 298 g/mol. The van der Waals surface area contributed by atoms with Crippen LogP contribution >= 0.6 is 11.6 Å². The molecule has 3 aromatic rings. The summed E-state index contributed by atoms with van der Waals surface area (Å²) in [5, 5.41) is 3.25. The van der Waals surface area contributed by atoms with Gasteiger partial charge in [0.1, 0.15) is 5.69 Å². The number of halogens is 1. The number of anilines is 1. The topological polar surface area (TPSA) is 70.7 Å². The Kier molecular flexibility index (Phi) is 3.66. The maximum absolute atomic E-state index is 12.0. The quantitative estimate of drug-likeness (QED) is 0.778. The average molecular weight is 299 g/mol. The molecule has 0 atom stereocenters. The molecule has 1 amide bonds. The van der Waals surface area contributed by atoms with Crippen molar-refractivity contribution in [1.29, 1.82) is 0 Å². The summed E-state index contributed by atoms with van der Waals surface area (Å²) in [6.07, 6.45) is 4.86. The van der Waals surface area contributed by atoms with Crippen LogP contribution in [0.1, 0.15) is 10.5 Å². The van der Waals surface area contributed by atoms with Crippen molar-refractivity contribution >= 4 is 23.2 Å². The lowest BCUT2D eigenvalue weighted by atomic mass is 10.1. The zero-order valence-corrected chi connectivity index (χ0v) is 11.6. The number of amides is 1. The van der Waals surface area contributed by atoms with Gasteiger partial charge in [-0.25, -0.2) is 4.98 Å². The van der Waals surface area contributed by atoms with E-state index in [0.717, 1.165) is 11.3 Å². The van der Waals surface area contributed by atoms with Crippen LogP contribution in [0.25, 0.3) is 11.3 Å². The summed E-state index contributed by atoms with van der Waals surface area (Å²) in [5.41, 5.74) is 2.88. The van der Waals surface area contributed by atoms with Crippen LogP contribution < -0.4 is 5.32 Å². The molecule has 0 aliphatic heterocycles. The number of carbonyl (C=O) groups is 1. The molecular formula is C15H11ClN4O. The van der Waals surface area contributed by atoms with Gasteiger partial charge in [0.15, 0.2) is 0 Å².